The maximum Gasteiger partial charge on any atom is 0.119 e. The fourth-order valence-corrected chi connectivity index (χ4v) is 4.65. The maximum atomic E-state index is 5.91. The molecule has 0 saturated carbocycles. The van der Waals surface area contributed by atoms with Gasteiger partial charge >= 0.3 is 0 Å². The first-order valence-electron chi connectivity index (χ1n) is 15.7. The van der Waals surface area contributed by atoms with Gasteiger partial charge in [0.1, 0.15) is 11.5 Å². The highest BCUT2D eigenvalue weighted by molar-refractivity contribution is 5.74. The third-order valence-electron chi connectivity index (χ3n) is 7.14. The first-order chi connectivity index (χ1) is 19.8. The van der Waals surface area contributed by atoms with Crippen LogP contribution in [0.3, 0.4) is 0 Å². The van der Waals surface area contributed by atoms with E-state index in [0.29, 0.717) is 0 Å². The lowest BCUT2D eigenvalue weighted by molar-refractivity contribution is 0.304. The van der Waals surface area contributed by atoms with Crippen LogP contribution in [-0.2, 0) is 0 Å². The Morgan fingerprint density at radius 1 is 0.425 bits per heavy atom. The molecule has 0 heterocycles. The zero-order valence-electron chi connectivity index (χ0n) is 25.0. The summed E-state index contributed by atoms with van der Waals surface area (Å²) in [5.74, 6) is 1.91. The van der Waals surface area contributed by atoms with Crippen LogP contribution in [0.1, 0.15) is 113 Å². The molecule has 2 heteroatoms. The first-order valence-corrected chi connectivity index (χ1v) is 15.7. The highest BCUT2D eigenvalue weighted by Gasteiger charge is 1.98. The number of hydrogen-bond donors (Lipinski definition) is 0. The quantitative estimate of drug-likeness (QED) is 0.105. The molecule has 214 valence electrons. The average Bonchev–Trinajstić information content (AvgIpc) is 2.99. The normalized spacial score (nSPS) is 11.4. The Morgan fingerprint density at radius 3 is 1.23 bits per heavy atom. The second kappa shape index (κ2) is 19.7. The van der Waals surface area contributed by atoms with Crippen LogP contribution >= 0.6 is 0 Å². The molecule has 0 atom stereocenters. The van der Waals surface area contributed by atoms with Gasteiger partial charge < -0.3 is 9.47 Å². The van der Waals surface area contributed by atoms with E-state index < -0.39 is 0 Å². The van der Waals surface area contributed by atoms with Crippen LogP contribution in [0, 0.1) is 0 Å². The third-order valence-corrected chi connectivity index (χ3v) is 7.14. The molecule has 0 bridgehead atoms. The van der Waals surface area contributed by atoms with Gasteiger partial charge in [0.15, 0.2) is 0 Å². The van der Waals surface area contributed by atoms with E-state index in [2.05, 4.69) is 111 Å². The zero-order chi connectivity index (χ0) is 28.1. The van der Waals surface area contributed by atoms with Gasteiger partial charge in [0, 0.05) is 0 Å². The molecule has 3 aromatic rings. The summed E-state index contributed by atoms with van der Waals surface area (Å²) in [5, 5.41) is 0. The Balaban J connectivity index is 1.40. The van der Waals surface area contributed by atoms with E-state index >= 15 is 0 Å². The Bertz CT molecular complexity index is 1020. The van der Waals surface area contributed by atoms with Crippen LogP contribution in [0.15, 0.2) is 72.8 Å². The van der Waals surface area contributed by atoms with Crippen molar-refractivity contribution in [2.24, 2.45) is 0 Å². The van der Waals surface area contributed by atoms with Crippen molar-refractivity contribution in [3.05, 3.63) is 95.1 Å². The zero-order valence-corrected chi connectivity index (χ0v) is 25.0. The Labute approximate surface area is 244 Å². The monoisotopic (exact) mass is 538 g/mol. The summed E-state index contributed by atoms with van der Waals surface area (Å²) in [7, 11) is 0. The second-order valence-electron chi connectivity index (χ2n) is 10.7. The van der Waals surface area contributed by atoms with E-state index in [1.54, 1.807) is 0 Å². The lowest BCUT2D eigenvalue weighted by atomic mass is 10.1. The second-order valence-corrected chi connectivity index (χ2v) is 10.7. The fourth-order valence-electron chi connectivity index (χ4n) is 4.65. The molecule has 0 fully saturated rings. The van der Waals surface area contributed by atoms with E-state index in [0.717, 1.165) is 37.6 Å². The molecule has 0 spiro atoms. The number of benzene rings is 3. The summed E-state index contributed by atoms with van der Waals surface area (Å²) in [6.45, 7) is 6.12. The summed E-state index contributed by atoms with van der Waals surface area (Å²) < 4.78 is 11.8. The molecule has 0 radical (unpaired) electrons. The summed E-state index contributed by atoms with van der Waals surface area (Å²) in [4.78, 5) is 0. The molecule has 3 aromatic carbocycles. The largest absolute Gasteiger partial charge is 0.494 e. The summed E-state index contributed by atoms with van der Waals surface area (Å²) in [6.07, 6.45) is 24.1. The number of ether oxygens (including phenoxy) is 2. The molecule has 0 amide bonds. The molecule has 0 saturated heterocycles. The molecular formula is C38H50O2. The molecule has 0 N–H and O–H groups in total. The number of rotatable bonds is 20. The van der Waals surface area contributed by atoms with Gasteiger partial charge in [-0.2, -0.15) is 0 Å². The van der Waals surface area contributed by atoms with Crippen LogP contribution in [0.25, 0.3) is 24.3 Å². The number of hydrogen-bond acceptors (Lipinski definition) is 2. The summed E-state index contributed by atoms with van der Waals surface area (Å²) in [5.41, 5.74) is 4.71. The van der Waals surface area contributed by atoms with Crippen molar-refractivity contribution < 1.29 is 9.47 Å². The van der Waals surface area contributed by atoms with Crippen molar-refractivity contribution in [2.75, 3.05) is 13.2 Å². The van der Waals surface area contributed by atoms with E-state index in [4.69, 9.17) is 9.47 Å². The van der Waals surface area contributed by atoms with E-state index in [1.165, 1.54) is 86.5 Å². The van der Waals surface area contributed by atoms with Crippen LogP contribution < -0.4 is 9.47 Å². The van der Waals surface area contributed by atoms with Crippen LogP contribution in [-0.4, -0.2) is 13.2 Å². The minimum atomic E-state index is 0.804. The number of unbranched alkanes of at least 4 members (excludes halogenated alkanes) is 10. The minimum Gasteiger partial charge on any atom is -0.494 e. The lowest BCUT2D eigenvalue weighted by Gasteiger charge is -2.06. The van der Waals surface area contributed by atoms with Gasteiger partial charge in [0.25, 0.3) is 0 Å². The van der Waals surface area contributed by atoms with Crippen LogP contribution in [0.2, 0.25) is 0 Å². The molecular weight excluding hydrogens is 488 g/mol. The predicted molar refractivity (Wildman–Crippen MR) is 175 cm³/mol. The Hall–Kier alpha value is -3.26. The minimum absolute atomic E-state index is 0.804. The van der Waals surface area contributed by atoms with Crippen LogP contribution in [0.4, 0.5) is 0 Å². The molecule has 3 rings (SSSR count). The third kappa shape index (κ3) is 13.2. The van der Waals surface area contributed by atoms with E-state index in [9.17, 15) is 0 Å². The summed E-state index contributed by atoms with van der Waals surface area (Å²) in [6, 6.07) is 25.4. The predicted octanol–water partition coefficient (Wildman–Crippen LogP) is 11.5. The average molecular weight is 539 g/mol. The van der Waals surface area contributed by atoms with E-state index in [1.807, 2.05) is 0 Å². The Kier molecular flexibility index (Phi) is 15.4. The van der Waals surface area contributed by atoms with Crippen molar-refractivity contribution in [1.82, 2.24) is 0 Å². The molecule has 0 aromatic heterocycles. The first kappa shape index (κ1) is 31.3. The van der Waals surface area contributed by atoms with Crippen molar-refractivity contribution in [1.29, 1.82) is 0 Å². The molecule has 2 nitrogen and oxygen atoms in total. The van der Waals surface area contributed by atoms with Gasteiger partial charge in [0.2, 0.25) is 0 Å². The van der Waals surface area contributed by atoms with Gasteiger partial charge in [0.05, 0.1) is 13.2 Å². The molecule has 40 heavy (non-hydrogen) atoms. The topological polar surface area (TPSA) is 18.5 Å². The molecule has 0 aliphatic carbocycles. The molecule has 0 aliphatic rings. The smallest absolute Gasteiger partial charge is 0.119 e. The fraction of sp³-hybridized carbons (Fsp3) is 0.421. The van der Waals surface area contributed by atoms with Gasteiger partial charge in [-0.25, -0.2) is 0 Å². The highest BCUT2D eigenvalue weighted by Crippen LogP contribution is 2.18. The van der Waals surface area contributed by atoms with Crippen molar-refractivity contribution in [3.8, 4) is 11.5 Å². The maximum absolute atomic E-state index is 5.91. The Morgan fingerprint density at radius 2 is 0.800 bits per heavy atom. The van der Waals surface area contributed by atoms with Gasteiger partial charge in [-0.3, -0.25) is 0 Å². The van der Waals surface area contributed by atoms with Gasteiger partial charge in [-0.15, -0.1) is 0 Å². The molecule has 0 aliphatic heterocycles. The summed E-state index contributed by atoms with van der Waals surface area (Å²) >= 11 is 0. The standard InChI is InChI=1S/C38H50O2/c1-3-5-7-9-11-13-30-39-37-26-22-33(23-27-37)18-20-35-16-15-17-36(32-35)21-19-34-24-28-38(29-25-34)40-31-14-12-10-8-6-4-2/h15-29,32H,3-14,30-31H2,1-2H3/b20-18+,21-19+. The lowest BCUT2D eigenvalue weighted by Crippen LogP contribution is -1.97. The van der Waals surface area contributed by atoms with Crippen molar-refractivity contribution in [2.45, 2.75) is 90.9 Å². The van der Waals surface area contributed by atoms with Gasteiger partial charge in [-0.1, -0.05) is 145 Å². The van der Waals surface area contributed by atoms with E-state index in [-0.39, 0.29) is 0 Å². The highest BCUT2D eigenvalue weighted by atomic mass is 16.5. The van der Waals surface area contributed by atoms with Crippen LogP contribution in [0.5, 0.6) is 11.5 Å². The SMILES string of the molecule is CCCCCCCCOc1ccc(/C=C/c2cccc(/C=C/c3ccc(OCCCCCCCC)cc3)c2)cc1. The molecule has 0 unspecified atom stereocenters. The van der Waals surface area contributed by atoms with Gasteiger partial charge in [-0.05, 0) is 65.4 Å². The van der Waals surface area contributed by atoms with Crippen molar-refractivity contribution >= 4 is 24.3 Å². The van der Waals surface area contributed by atoms with Crippen molar-refractivity contribution in [3.63, 3.8) is 0 Å².